The van der Waals surface area contributed by atoms with Gasteiger partial charge in [0.1, 0.15) is 0 Å². The maximum absolute atomic E-state index is 11.9. The second-order valence-electron chi connectivity index (χ2n) is 3.82. The number of pyridine rings is 1. The quantitative estimate of drug-likeness (QED) is 0.768. The van der Waals surface area contributed by atoms with Gasteiger partial charge >= 0.3 is 0 Å². The molecule has 0 aromatic carbocycles. The highest BCUT2D eigenvalue weighted by molar-refractivity contribution is 5.94. The topological polar surface area (TPSA) is 53.4 Å². The van der Waals surface area contributed by atoms with E-state index in [1.165, 1.54) is 0 Å². The molecule has 0 bridgehead atoms. The first-order valence-corrected chi connectivity index (χ1v) is 5.11. The van der Waals surface area contributed by atoms with Crippen LogP contribution in [0.4, 0.5) is 0 Å². The summed E-state index contributed by atoms with van der Waals surface area (Å²) in [5, 5.41) is 8.99. The van der Waals surface area contributed by atoms with Gasteiger partial charge in [-0.25, -0.2) is 0 Å². The molecule has 1 saturated heterocycles. The molecule has 1 N–H and O–H groups in total. The monoisotopic (exact) mass is 206 g/mol. The summed E-state index contributed by atoms with van der Waals surface area (Å²) in [4.78, 5) is 17.6. The van der Waals surface area contributed by atoms with Gasteiger partial charge in [-0.15, -0.1) is 0 Å². The van der Waals surface area contributed by atoms with Crippen LogP contribution in [-0.4, -0.2) is 40.6 Å². The Bertz CT molecular complexity index is 340. The van der Waals surface area contributed by atoms with E-state index in [0.717, 1.165) is 13.0 Å². The summed E-state index contributed by atoms with van der Waals surface area (Å²) in [5.41, 5.74) is 0.670. The normalized spacial score (nSPS) is 20.6. The summed E-state index contributed by atoms with van der Waals surface area (Å²) in [6.45, 7) is 1.57. The van der Waals surface area contributed by atoms with Crippen LogP contribution in [0, 0.1) is 5.92 Å². The third-order valence-corrected chi connectivity index (χ3v) is 2.76. The lowest BCUT2D eigenvalue weighted by atomic mass is 10.1. The predicted octanol–water partition coefficient (Wildman–Crippen LogP) is 0.536. The van der Waals surface area contributed by atoms with Gasteiger partial charge < -0.3 is 10.0 Å². The zero-order valence-corrected chi connectivity index (χ0v) is 8.47. The third-order valence-electron chi connectivity index (χ3n) is 2.76. The van der Waals surface area contributed by atoms with E-state index in [-0.39, 0.29) is 18.4 Å². The summed E-state index contributed by atoms with van der Waals surface area (Å²) in [6.07, 6.45) is 4.13. The Morgan fingerprint density at radius 3 is 2.87 bits per heavy atom. The summed E-state index contributed by atoms with van der Waals surface area (Å²) in [5.74, 6) is 0.282. The minimum absolute atomic E-state index is 0.0355. The van der Waals surface area contributed by atoms with E-state index in [2.05, 4.69) is 4.98 Å². The second-order valence-corrected chi connectivity index (χ2v) is 3.82. The summed E-state index contributed by atoms with van der Waals surface area (Å²) in [6, 6.07) is 3.43. The predicted molar refractivity (Wildman–Crippen MR) is 55.3 cm³/mol. The van der Waals surface area contributed by atoms with Gasteiger partial charge in [0.25, 0.3) is 5.91 Å². The molecule has 4 nitrogen and oxygen atoms in total. The molecule has 0 aliphatic carbocycles. The first-order chi connectivity index (χ1) is 7.31. The Hall–Kier alpha value is -1.42. The number of carbonyl (C=O) groups excluding carboxylic acids is 1. The summed E-state index contributed by atoms with van der Waals surface area (Å²) < 4.78 is 0. The van der Waals surface area contributed by atoms with E-state index in [1.54, 1.807) is 29.4 Å². The highest BCUT2D eigenvalue weighted by atomic mass is 16.3. The van der Waals surface area contributed by atoms with E-state index in [9.17, 15) is 4.79 Å². The van der Waals surface area contributed by atoms with Gasteiger partial charge in [-0.3, -0.25) is 9.78 Å². The minimum atomic E-state index is 0.0355. The van der Waals surface area contributed by atoms with Crippen LogP contribution in [0.15, 0.2) is 24.5 Å². The van der Waals surface area contributed by atoms with E-state index < -0.39 is 0 Å². The van der Waals surface area contributed by atoms with E-state index in [0.29, 0.717) is 12.1 Å². The molecule has 2 heterocycles. The SMILES string of the molecule is O=C(c1ccncc1)N1CC[C@H](CO)C1. The van der Waals surface area contributed by atoms with Crippen LogP contribution < -0.4 is 0 Å². The van der Waals surface area contributed by atoms with Crippen molar-refractivity contribution in [2.45, 2.75) is 6.42 Å². The number of likely N-dealkylation sites (tertiary alicyclic amines) is 1. The molecule has 0 unspecified atom stereocenters. The Balaban J connectivity index is 2.04. The number of nitrogens with zero attached hydrogens (tertiary/aromatic N) is 2. The standard InChI is InChI=1S/C11H14N2O2/c14-8-9-3-6-13(7-9)11(15)10-1-4-12-5-2-10/h1-2,4-5,9,14H,3,6-8H2/t9-/m0/s1. The molecule has 1 aromatic rings. The van der Waals surface area contributed by atoms with Gasteiger partial charge in [-0.1, -0.05) is 0 Å². The van der Waals surface area contributed by atoms with Crippen molar-refractivity contribution in [1.82, 2.24) is 9.88 Å². The van der Waals surface area contributed by atoms with Gasteiger partial charge in [-0.05, 0) is 18.6 Å². The number of carbonyl (C=O) groups is 1. The van der Waals surface area contributed by atoms with Gasteiger partial charge in [0.15, 0.2) is 0 Å². The number of aromatic nitrogens is 1. The molecule has 1 aliphatic rings. The highest BCUT2D eigenvalue weighted by Gasteiger charge is 2.26. The average Bonchev–Trinajstić information content (AvgIpc) is 2.78. The van der Waals surface area contributed by atoms with E-state index in [4.69, 9.17) is 5.11 Å². The first kappa shape index (κ1) is 10.1. The highest BCUT2D eigenvalue weighted by Crippen LogP contribution is 2.17. The fourth-order valence-corrected chi connectivity index (χ4v) is 1.84. The molecule has 1 atom stereocenters. The van der Waals surface area contributed by atoms with Crippen molar-refractivity contribution in [3.63, 3.8) is 0 Å². The average molecular weight is 206 g/mol. The van der Waals surface area contributed by atoms with Gasteiger partial charge in [0, 0.05) is 43.6 Å². The molecule has 0 radical (unpaired) electrons. The summed E-state index contributed by atoms with van der Waals surface area (Å²) in [7, 11) is 0. The first-order valence-electron chi connectivity index (χ1n) is 5.11. The maximum Gasteiger partial charge on any atom is 0.253 e. The largest absolute Gasteiger partial charge is 0.396 e. The van der Waals surface area contributed by atoms with Crippen LogP contribution in [-0.2, 0) is 0 Å². The van der Waals surface area contributed by atoms with Gasteiger partial charge in [0.2, 0.25) is 0 Å². The van der Waals surface area contributed by atoms with Crippen molar-refractivity contribution in [3.8, 4) is 0 Å². The Kier molecular flexibility index (Phi) is 2.97. The number of amides is 1. The van der Waals surface area contributed by atoms with Crippen LogP contribution in [0.5, 0.6) is 0 Å². The molecule has 4 heteroatoms. The zero-order chi connectivity index (χ0) is 10.7. The Morgan fingerprint density at radius 1 is 1.53 bits per heavy atom. The van der Waals surface area contributed by atoms with Crippen molar-refractivity contribution < 1.29 is 9.90 Å². The zero-order valence-electron chi connectivity index (χ0n) is 8.47. The van der Waals surface area contributed by atoms with Crippen LogP contribution in [0.2, 0.25) is 0 Å². The van der Waals surface area contributed by atoms with Gasteiger partial charge in [-0.2, -0.15) is 0 Å². The van der Waals surface area contributed by atoms with Crippen molar-refractivity contribution in [2.75, 3.05) is 19.7 Å². The molecule has 1 amide bonds. The van der Waals surface area contributed by atoms with Crippen LogP contribution >= 0.6 is 0 Å². The number of hydrogen-bond acceptors (Lipinski definition) is 3. The van der Waals surface area contributed by atoms with Crippen LogP contribution in [0.1, 0.15) is 16.8 Å². The molecule has 1 fully saturated rings. The molecule has 15 heavy (non-hydrogen) atoms. The van der Waals surface area contributed by atoms with Crippen LogP contribution in [0.25, 0.3) is 0 Å². The van der Waals surface area contributed by atoms with Crippen molar-refractivity contribution >= 4 is 5.91 Å². The Labute approximate surface area is 88.6 Å². The maximum atomic E-state index is 11.9. The second kappa shape index (κ2) is 4.40. The lowest BCUT2D eigenvalue weighted by Crippen LogP contribution is -2.29. The van der Waals surface area contributed by atoms with Crippen molar-refractivity contribution in [1.29, 1.82) is 0 Å². The number of hydrogen-bond donors (Lipinski definition) is 1. The van der Waals surface area contributed by atoms with Gasteiger partial charge in [0.05, 0.1) is 0 Å². The molecule has 0 spiro atoms. The van der Waals surface area contributed by atoms with E-state index in [1.807, 2.05) is 0 Å². The third kappa shape index (κ3) is 2.15. The summed E-state index contributed by atoms with van der Waals surface area (Å²) >= 11 is 0. The molecular weight excluding hydrogens is 192 g/mol. The minimum Gasteiger partial charge on any atom is -0.396 e. The molecule has 0 saturated carbocycles. The number of aliphatic hydroxyl groups excluding tert-OH is 1. The molecular formula is C11H14N2O2. The molecule has 1 aromatic heterocycles. The van der Waals surface area contributed by atoms with Crippen LogP contribution in [0.3, 0.4) is 0 Å². The van der Waals surface area contributed by atoms with Crippen molar-refractivity contribution in [3.05, 3.63) is 30.1 Å². The lowest BCUT2D eigenvalue weighted by molar-refractivity contribution is 0.0782. The number of rotatable bonds is 2. The fourth-order valence-electron chi connectivity index (χ4n) is 1.84. The number of aliphatic hydroxyl groups is 1. The van der Waals surface area contributed by atoms with Crippen molar-refractivity contribution in [2.24, 2.45) is 5.92 Å². The Morgan fingerprint density at radius 2 is 2.27 bits per heavy atom. The molecule has 1 aliphatic heterocycles. The molecule has 2 rings (SSSR count). The van der Waals surface area contributed by atoms with E-state index >= 15 is 0 Å². The fraction of sp³-hybridized carbons (Fsp3) is 0.455. The lowest BCUT2D eigenvalue weighted by Gasteiger charge is -2.15. The smallest absolute Gasteiger partial charge is 0.253 e. The molecule has 80 valence electrons.